The molecule has 12 heteroatoms. The highest BCUT2D eigenvalue weighted by Crippen LogP contribution is 2.43. The van der Waals surface area contributed by atoms with Crippen LogP contribution in [0.4, 0.5) is 11.4 Å². The van der Waals surface area contributed by atoms with Crippen LogP contribution in [0.2, 0.25) is 0 Å². The van der Waals surface area contributed by atoms with Crippen LogP contribution in [0.25, 0.3) is 44.5 Å². The zero-order valence-electron chi connectivity index (χ0n) is 29.1. The molecule has 0 spiro atoms. The van der Waals surface area contributed by atoms with Gasteiger partial charge in [0.25, 0.3) is 12.4 Å². The van der Waals surface area contributed by atoms with E-state index in [1.807, 2.05) is 130 Å². The third kappa shape index (κ3) is 5.35. The fraction of sp³-hybridized carbons (Fsp3) is 0.0476. The van der Waals surface area contributed by atoms with Crippen LogP contribution in [-0.2, 0) is 0 Å². The van der Waals surface area contributed by atoms with Gasteiger partial charge in [0.15, 0.2) is 25.6 Å². The molecule has 0 fully saturated rings. The van der Waals surface area contributed by atoms with Crippen molar-refractivity contribution in [2.75, 3.05) is 14.1 Å². The minimum atomic E-state index is 0.606. The second-order valence-corrected chi connectivity index (χ2v) is 12.8. The summed E-state index contributed by atoms with van der Waals surface area (Å²) in [5.74, 6) is 4.07. The average molecular weight is 707 g/mol. The van der Waals surface area contributed by atoms with Crippen LogP contribution in [0, 0.1) is 0 Å². The predicted molar refractivity (Wildman–Crippen MR) is 202 cm³/mol. The van der Waals surface area contributed by atoms with Crippen molar-refractivity contribution in [2.45, 2.75) is 0 Å². The molecule has 10 rings (SSSR count). The Balaban J connectivity index is 1.14. The first-order chi connectivity index (χ1) is 26.6. The van der Waals surface area contributed by atoms with E-state index < -0.39 is 0 Å². The van der Waals surface area contributed by atoms with E-state index in [2.05, 4.69) is 43.3 Å². The molecule has 256 valence electrons. The molecule has 2 aliphatic heterocycles. The van der Waals surface area contributed by atoms with E-state index in [9.17, 15) is 0 Å². The number of ether oxygens (including phenoxy) is 2. The molecule has 0 aliphatic carbocycles. The van der Waals surface area contributed by atoms with Crippen molar-refractivity contribution in [1.82, 2.24) is 29.1 Å². The molecule has 6 aromatic heterocycles. The molecule has 0 N–H and O–H groups in total. The van der Waals surface area contributed by atoms with Crippen molar-refractivity contribution in [3.63, 3.8) is 0 Å². The third-order valence-electron chi connectivity index (χ3n) is 9.19. The highest BCUT2D eigenvalue weighted by Gasteiger charge is 2.25. The summed E-state index contributed by atoms with van der Waals surface area (Å²) in [7, 11) is 3.85. The first-order valence-electron chi connectivity index (χ1n) is 17.2. The summed E-state index contributed by atoms with van der Waals surface area (Å²) in [6, 6.07) is 34.4. The molecule has 54 heavy (non-hydrogen) atoms. The Morgan fingerprint density at radius 2 is 1.00 bits per heavy atom. The number of nitrogens with zero attached hydrogens (tertiary/aromatic N) is 10. The highest BCUT2D eigenvalue weighted by atomic mass is 16.5. The lowest BCUT2D eigenvalue weighted by molar-refractivity contribution is -0.429. The van der Waals surface area contributed by atoms with E-state index in [-0.39, 0.29) is 0 Å². The lowest BCUT2D eigenvalue weighted by atomic mass is 10.2. The van der Waals surface area contributed by atoms with E-state index in [1.165, 1.54) is 0 Å². The molecule has 0 unspecified atom stereocenters. The van der Waals surface area contributed by atoms with Crippen molar-refractivity contribution in [1.29, 1.82) is 0 Å². The van der Waals surface area contributed by atoms with Gasteiger partial charge >= 0.3 is 12.0 Å². The van der Waals surface area contributed by atoms with Crippen LogP contribution in [0.15, 0.2) is 147 Å². The molecular formula is C42H30N10O2+4. The number of aromatic nitrogens is 6. The van der Waals surface area contributed by atoms with Crippen LogP contribution in [0.5, 0.6) is 23.0 Å². The Morgan fingerprint density at radius 1 is 0.519 bits per heavy atom. The Morgan fingerprint density at radius 3 is 1.41 bits per heavy atom. The molecule has 12 nitrogen and oxygen atoms in total. The first-order valence-corrected chi connectivity index (χ1v) is 17.2. The van der Waals surface area contributed by atoms with E-state index in [0.29, 0.717) is 23.0 Å². The lowest BCUT2D eigenvalue weighted by Gasteiger charge is -2.11. The zero-order chi connectivity index (χ0) is 36.2. The largest absolute Gasteiger partial charge is 0.495 e. The lowest BCUT2D eigenvalue weighted by Crippen LogP contribution is -1.98. The molecule has 0 amide bonds. The zero-order valence-corrected chi connectivity index (χ0v) is 29.1. The van der Waals surface area contributed by atoms with Crippen molar-refractivity contribution in [3.8, 4) is 34.6 Å². The summed E-state index contributed by atoms with van der Waals surface area (Å²) < 4.78 is 24.7. The fourth-order valence-electron chi connectivity index (χ4n) is 6.87. The summed E-state index contributed by atoms with van der Waals surface area (Å²) in [4.78, 5) is 18.5. The van der Waals surface area contributed by atoms with Gasteiger partial charge in [0.1, 0.15) is 35.5 Å². The van der Waals surface area contributed by atoms with E-state index >= 15 is 0 Å². The molecular weight excluding hydrogens is 677 g/mol. The van der Waals surface area contributed by atoms with Crippen LogP contribution in [0.3, 0.4) is 0 Å². The van der Waals surface area contributed by atoms with Gasteiger partial charge in [0, 0.05) is 35.3 Å². The van der Waals surface area contributed by atoms with Crippen molar-refractivity contribution < 1.29 is 27.8 Å². The summed E-state index contributed by atoms with van der Waals surface area (Å²) in [5, 5.41) is 2.00. The van der Waals surface area contributed by atoms with Gasteiger partial charge in [0.2, 0.25) is 23.8 Å². The highest BCUT2D eigenvalue weighted by molar-refractivity contribution is 6.20. The maximum Gasteiger partial charge on any atom is 0.495 e. The van der Waals surface area contributed by atoms with E-state index in [4.69, 9.17) is 19.4 Å². The maximum atomic E-state index is 6.46. The molecule has 0 saturated heterocycles. The van der Waals surface area contributed by atoms with Gasteiger partial charge in [-0.25, -0.2) is 9.97 Å². The van der Waals surface area contributed by atoms with Gasteiger partial charge in [-0.05, 0) is 48.5 Å². The van der Waals surface area contributed by atoms with Gasteiger partial charge in [0.05, 0.1) is 46.6 Å². The summed E-state index contributed by atoms with van der Waals surface area (Å²) in [5.41, 5.74) is 5.49. The first kappa shape index (κ1) is 31.0. The topological polar surface area (TPSA) is 91.9 Å². The number of benzene rings is 2. The number of pyridine rings is 4. The normalized spacial score (nSPS) is 13.4. The van der Waals surface area contributed by atoms with Crippen LogP contribution < -0.4 is 9.47 Å². The average Bonchev–Trinajstić information content (AvgIpc) is 3.99. The maximum absolute atomic E-state index is 6.46. The molecule has 0 atom stereocenters. The SMILES string of the molecule is C[N+]1=C=[N+](c2cncc(Oc3ccc4c(c3)n(-c3ccccn3)c3c5ccc(Oc6cncc([N+]7=C=[N+](C)C=C7)c6)cc5n(-c5ccccn5)c43)c2)C=C1. The third-order valence-corrected chi connectivity index (χ3v) is 9.19. The summed E-state index contributed by atoms with van der Waals surface area (Å²) in [6.07, 6.45) is 18.3. The monoisotopic (exact) mass is 706 g/mol. The van der Waals surface area contributed by atoms with E-state index in [0.717, 1.165) is 55.8 Å². The molecule has 8 heterocycles. The van der Waals surface area contributed by atoms with Crippen LogP contribution in [-0.4, -0.2) is 73.5 Å². The smallest absolute Gasteiger partial charge is 0.455 e. The summed E-state index contributed by atoms with van der Waals surface area (Å²) in [6.45, 7) is 0. The molecule has 2 aromatic carbocycles. The van der Waals surface area contributed by atoms with E-state index in [1.54, 1.807) is 37.2 Å². The number of hydrogen-bond acceptors (Lipinski definition) is 6. The molecule has 8 aromatic rings. The van der Waals surface area contributed by atoms with Crippen LogP contribution >= 0.6 is 0 Å². The number of hydrogen-bond donors (Lipinski definition) is 0. The predicted octanol–water partition coefficient (Wildman–Crippen LogP) is 7.78. The van der Waals surface area contributed by atoms with Crippen molar-refractivity contribution in [2.24, 2.45) is 0 Å². The van der Waals surface area contributed by atoms with Gasteiger partial charge < -0.3 is 9.47 Å². The molecule has 2 aliphatic rings. The minimum absolute atomic E-state index is 0.606. The second-order valence-electron chi connectivity index (χ2n) is 12.8. The Labute approximate surface area is 308 Å². The van der Waals surface area contributed by atoms with Gasteiger partial charge in [-0.2, -0.15) is 0 Å². The molecule has 0 radical (unpaired) electrons. The number of rotatable bonds is 8. The Kier molecular flexibility index (Phi) is 7.16. The number of fused-ring (bicyclic) bond motifs is 5. The quantitative estimate of drug-likeness (QED) is 0.150. The van der Waals surface area contributed by atoms with Crippen molar-refractivity contribution in [3.05, 3.63) is 147 Å². The second kappa shape index (κ2) is 12.5. The minimum Gasteiger partial charge on any atom is -0.455 e. The van der Waals surface area contributed by atoms with Gasteiger partial charge in [-0.1, -0.05) is 30.4 Å². The Hall–Kier alpha value is -7.78. The van der Waals surface area contributed by atoms with Gasteiger partial charge in [-0.15, -0.1) is 0 Å². The standard InChI is InChI=1S/C42H30N10O2/c1-47-15-17-49(27-47)29-19-33(25-43-23-29)53-31-9-11-35-37(21-31)51(39-7-3-5-13-45-39)42-36-12-10-32(22-38(36)52(41(35)42)40-8-4-6-14-46-40)54-34-20-30(24-44-26-34)50-18-16-48(2)28-50/h3-26H,1-2H3/q+4. The van der Waals surface area contributed by atoms with Gasteiger partial charge in [-0.3, -0.25) is 19.1 Å². The van der Waals surface area contributed by atoms with Crippen molar-refractivity contribution >= 4 is 56.2 Å². The van der Waals surface area contributed by atoms with Crippen LogP contribution in [0.1, 0.15) is 0 Å². The fourth-order valence-corrected chi connectivity index (χ4v) is 6.87. The molecule has 0 bridgehead atoms. The molecule has 0 saturated carbocycles. The Bertz CT molecular complexity index is 2830. The summed E-state index contributed by atoms with van der Waals surface area (Å²) >= 11 is 0.